The van der Waals surface area contributed by atoms with Gasteiger partial charge >= 0.3 is 0 Å². The molecule has 4 unspecified atom stereocenters. The van der Waals surface area contributed by atoms with Gasteiger partial charge in [-0.1, -0.05) is 334 Å². The van der Waals surface area contributed by atoms with E-state index in [1.807, 2.05) is 0 Å². The van der Waals surface area contributed by atoms with Crippen LogP contribution in [0.25, 0.3) is 0 Å². The van der Waals surface area contributed by atoms with Gasteiger partial charge in [0.15, 0.2) is 0 Å². The van der Waals surface area contributed by atoms with Crippen LogP contribution in [0.3, 0.4) is 0 Å². The van der Waals surface area contributed by atoms with Crippen molar-refractivity contribution in [3.8, 4) is 0 Å². The molecule has 5 N–H and O–H groups in total. The van der Waals surface area contributed by atoms with E-state index >= 15 is 0 Å². The van der Waals surface area contributed by atoms with E-state index < -0.39 is 36.9 Å². The fourth-order valence-electron chi connectivity index (χ4n) is 10.5. The van der Waals surface area contributed by atoms with E-state index in [1.165, 1.54) is 295 Å². The third-order valence-electron chi connectivity index (χ3n) is 15.5. The molecule has 0 aromatic carbocycles. The molecule has 0 aliphatic carbocycles. The summed E-state index contributed by atoms with van der Waals surface area (Å²) >= 11 is 0. The van der Waals surface area contributed by atoms with Crippen LogP contribution in [-0.4, -0.2) is 57.3 Å². The van der Waals surface area contributed by atoms with Crippen molar-refractivity contribution in [3.05, 3.63) is 12.2 Å². The topological polar surface area (TPSA) is 110 Å². The van der Waals surface area contributed by atoms with Gasteiger partial charge in [0, 0.05) is 0 Å². The maximum absolute atomic E-state index is 12.6. The summed E-state index contributed by atoms with van der Waals surface area (Å²) in [5.41, 5.74) is 0. The quantitative estimate of drug-likeness (QED) is 0.0308. The number of hydrogen-bond donors (Lipinski definition) is 5. The Morgan fingerprint density at radius 2 is 0.571 bits per heavy atom. The van der Waals surface area contributed by atoms with E-state index in [4.69, 9.17) is 0 Å². The Morgan fingerprint density at radius 1 is 0.343 bits per heavy atom. The van der Waals surface area contributed by atoms with E-state index in [-0.39, 0.29) is 0 Å². The van der Waals surface area contributed by atoms with Gasteiger partial charge in [-0.25, -0.2) is 0 Å². The van der Waals surface area contributed by atoms with Gasteiger partial charge in [-0.2, -0.15) is 0 Å². The first-order valence-electron chi connectivity index (χ1n) is 32.1. The second kappa shape index (κ2) is 58.9. The van der Waals surface area contributed by atoms with Crippen LogP contribution in [0.1, 0.15) is 361 Å². The average molecular weight is 991 g/mol. The number of carbonyl (C=O) groups is 1. The van der Waals surface area contributed by atoms with E-state index in [0.717, 1.165) is 38.5 Å². The molecule has 0 rings (SSSR count). The Hall–Kier alpha value is -0.950. The lowest BCUT2D eigenvalue weighted by molar-refractivity contribution is -0.132. The van der Waals surface area contributed by atoms with E-state index in [2.05, 4.69) is 31.3 Å². The molecule has 0 radical (unpaired) electrons. The van der Waals surface area contributed by atoms with Crippen LogP contribution in [0.4, 0.5) is 0 Å². The normalized spacial score (nSPS) is 13.6. The fourth-order valence-corrected chi connectivity index (χ4v) is 10.5. The first-order valence-corrected chi connectivity index (χ1v) is 32.1. The third-order valence-corrected chi connectivity index (χ3v) is 15.5. The molecule has 1 amide bonds. The molecular weight excluding hydrogens is 863 g/mol. The number of aliphatic hydroxyl groups is 4. The molecule has 0 heterocycles. The Labute approximate surface area is 438 Å². The van der Waals surface area contributed by atoms with Gasteiger partial charge in [-0.05, 0) is 38.5 Å². The van der Waals surface area contributed by atoms with Gasteiger partial charge in [-0.3, -0.25) is 4.79 Å². The van der Waals surface area contributed by atoms with Crippen molar-refractivity contribution in [1.82, 2.24) is 5.32 Å². The minimum atomic E-state index is -1.26. The SMILES string of the molecule is CCCCCCCCCCCCCC/C=C\CCCCCCCCCCCCCC(O)C(=O)NC(CO)C(O)C(O)CCCCCCCCCCCCCCCCCCCCCCCCCCCCC. The van der Waals surface area contributed by atoms with Crippen molar-refractivity contribution in [2.75, 3.05) is 6.61 Å². The largest absolute Gasteiger partial charge is 0.394 e. The predicted molar refractivity (Wildman–Crippen MR) is 307 cm³/mol. The van der Waals surface area contributed by atoms with Crippen molar-refractivity contribution in [2.45, 2.75) is 385 Å². The molecule has 0 saturated heterocycles. The molecule has 0 spiro atoms. The summed E-state index contributed by atoms with van der Waals surface area (Å²) in [7, 11) is 0. The summed E-state index contributed by atoms with van der Waals surface area (Å²) in [6, 6.07) is -0.985. The van der Waals surface area contributed by atoms with Crippen LogP contribution >= 0.6 is 0 Å². The van der Waals surface area contributed by atoms with Crippen molar-refractivity contribution < 1.29 is 25.2 Å². The smallest absolute Gasteiger partial charge is 0.249 e. The van der Waals surface area contributed by atoms with Gasteiger partial charge in [-0.15, -0.1) is 0 Å². The van der Waals surface area contributed by atoms with Gasteiger partial charge in [0.2, 0.25) is 5.91 Å². The predicted octanol–water partition coefficient (Wildman–Crippen LogP) is 19.2. The average Bonchev–Trinajstić information content (AvgIpc) is 3.36. The summed E-state index contributed by atoms with van der Waals surface area (Å²) in [5.74, 6) is -0.577. The second-order valence-electron chi connectivity index (χ2n) is 22.5. The Bertz CT molecular complexity index is 1020. The first-order chi connectivity index (χ1) is 34.5. The van der Waals surface area contributed by atoms with Crippen molar-refractivity contribution >= 4 is 5.91 Å². The zero-order valence-electron chi connectivity index (χ0n) is 47.6. The van der Waals surface area contributed by atoms with Crippen LogP contribution < -0.4 is 5.32 Å². The molecule has 0 aliphatic rings. The number of allylic oxidation sites excluding steroid dienone is 2. The van der Waals surface area contributed by atoms with Crippen molar-refractivity contribution in [2.24, 2.45) is 0 Å². The first kappa shape index (κ1) is 69.0. The van der Waals surface area contributed by atoms with Gasteiger partial charge in [0.1, 0.15) is 12.2 Å². The van der Waals surface area contributed by atoms with Crippen molar-refractivity contribution in [3.63, 3.8) is 0 Å². The number of carbonyl (C=O) groups excluding carboxylic acids is 1. The minimum absolute atomic E-state index is 0.372. The monoisotopic (exact) mass is 990 g/mol. The molecule has 6 nitrogen and oxygen atoms in total. The number of amides is 1. The molecular formula is C64H127NO5. The maximum atomic E-state index is 12.6. The van der Waals surface area contributed by atoms with Gasteiger partial charge in [0.25, 0.3) is 0 Å². The second-order valence-corrected chi connectivity index (χ2v) is 22.5. The molecule has 0 aliphatic heterocycles. The van der Waals surface area contributed by atoms with E-state index in [9.17, 15) is 25.2 Å². The number of nitrogens with one attached hydrogen (secondary N) is 1. The Kier molecular flexibility index (Phi) is 58.1. The summed E-state index contributed by atoms with van der Waals surface area (Å²) in [6.07, 6.45) is 71.6. The van der Waals surface area contributed by atoms with Crippen molar-refractivity contribution in [1.29, 1.82) is 0 Å². The fraction of sp³-hybridized carbons (Fsp3) is 0.953. The highest BCUT2D eigenvalue weighted by atomic mass is 16.3. The third kappa shape index (κ3) is 51.9. The standard InChI is InChI=1S/C64H127NO5/c1-3-5-7-9-11-13-15-17-19-21-23-25-27-29-31-33-35-37-39-41-43-45-47-49-51-53-55-57-61(67)63(69)60(59-66)65-64(70)62(68)58-56-54-52-50-48-46-44-42-40-38-36-34-32-30-28-26-24-22-20-18-16-14-12-10-8-6-4-2/h30,32,60-63,66-69H,3-29,31,33-59H2,1-2H3,(H,65,70)/b32-30-. The molecule has 4 atom stereocenters. The van der Waals surface area contributed by atoms with E-state index in [0.29, 0.717) is 12.8 Å². The summed E-state index contributed by atoms with van der Waals surface area (Å²) in [5, 5.41) is 44.2. The summed E-state index contributed by atoms with van der Waals surface area (Å²) in [4.78, 5) is 12.6. The van der Waals surface area contributed by atoms with Crippen LogP contribution in [-0.2, 0) is 4.79 Å². The number of aliphatic hydroxyl groups excluding tert-OH is 4. The molecule has 70 heavy (non-hydrogen) atoms. The maximum Gasteiger partial charge on any atom is 0.249 e. The van der Waals surface area contributed by atoms with Crippen LogP contribution in [0.15, 0.2) is 12.2 Å². The zero-order valence-corrected chi connectivity index (χ0v) is 47.6. The number of hydrogen-bond acceptors (Lipinski definition) is 5. The van der Waals surface area contributed by atoms with Gasteiger partial charge < -0.3 is 25.7 Å². The molecule has 0 bridgehead atoms. The highest BCUT2D eigenvalue weighted by Gasteiger charge is 2.28. The molecule has 0 fully saturated rings. The highest BCUT2D eigenvalue weighted by Crippen LogP contribution is 2.19. The zero-order chi connectivity index (χ0) is 50.9. The molecule has 0 aromatic heterocycles. The summed E-state index contributed by atoms with van der Waals surface area (Å²) in [6.45, 7) is 4.11. The lowest BCUT2D eigenvalue weighted by Gasteiger charge is -2.27. The van der Waals surface area contributed by atoms with E-state index in [1.54, 1.807) is 0 Å². The molecule has 6 heteroatoms. The molecule has 0 saturated carbocycles. The van der Waals surface area contributed by atoms with Gasteiger partial charge in [0.05, 0.1) is 18.8 Å². The summed E-state index contributed by atoms with van der Waals surface area (Å²) < 4.78 is 0. The van der Waals surface area contributed by atoms with Crippen LogP contribution in [0.5, 0.6) is 0 Å². The van der Waals surface area contributed by atoms with Crippen LogP contribution in [0.2, 0.25) is 0 Å². The lowest BCUT2D eigenvalue weighted by atomic mass is 9.99. The lowest BCUT2D eigenvalue weighted by Crippen LogP contribution is -2.53. The molecule has 418 valence electrons. The Balaban J connectivity index is 3.56. The minimum Gasteiger partial charge on any atom is -0.394 e. The number of unbranched alkanes of at least 4 members (excludes halogenated alkanes) is 49. The van der Waals surface area contributed by atoms with Crippen LogP contribution in [0, 0.1) is 0 Å². The molecule has 0 aromatic rings. The Morgan fingerprint density at radius 3 is 0.829 bits per heavy atom. The number of rotatable bonds is 60. The highest BCUT2D eigenvalue weighted by molar-refractivity contribution is 5.80.